The number of anilines is 1. The Bertz CT molecular complexity index is 1400. The number of nitrogens with one attached hydrogen (secondary N) is 1. The second-order valence-electron chi connectivity index (χ2n) is 8.74. The molecule has 1 N–H and O–H groups in total. The Kier molecular flexibility index (Phi) is 10.1. The molecule has 0 bridgehead atoms. The van der Waals surface area contributed by atoms with Gasteiger partial charge in [-0.05, 0) is 48.4 Å². The first kappa shape index (κ1) is 29.8. The molecule has 3 rings (SSSR count). The number of halogens is 3. The molecule has 0 aliphatic rings. The van der Waals surface area contributed by atoms with Crippen molar-refractivity contribution in [3.05, 3.63) is 98.5 Å². The van der Waals surface area contributed by atoms with Crippen LogP contribution in [0.4, 0.5) is 5.69 Å². The lowest BCUT2D eigenvalue weighted by atomic mass is 10.0. The second kappa shape index (κ2) is 12.8. The van der Waals surface area contributed by atoms with Crippen molar-refractivity contribution in [2.45, 2.75) is 25.9 Å². The molecule has 0 aliphatic carbocycles. The average molecular weight is 597 g/mol. The van der Waals surface area contributed by atoms with Crippen molar-refractivity contribution in [1.29, 1.82) is 0 Å². The van der Waals surface area contributed by atoms with Gasteiger partial charge >= 0.3 is 0 Å². The number of hydrogen-bond acceptors (Lipinski definition) is 4. The van der Waals surface area contributed by atoms with Crippen LogP contribution in [0.5, 0.6) is 0 Å². The maximum atomic E-state index is 14.0. The zero-order chi connectivity index (χ0) is 28.0. The molecule has 1 atom stereocenters. The average Bonchev–Trinajstić information content (AvgIpc) is 2.86. The number of sulfonamides is 1. The van der Waals surface area contributed by atoms with Crippen LogP contribution in [-0.2, 0) is 32.6 Å². The SMILES string of the molecule is CNC(=O)C(Cc1ccccc1)N(Cc1c(Cl)cccc1Cl)C(=O)CN(c1ccc(Cl)cc1C)S(C)(=O)=O. The minimum Gasteiger partial charge on any atom is -0.357 e. The fourth-order valence-electron chi connectivity index (χ4n) is 4.07. The van der Waals surface area contributed by atoms with Gasteiger partial charge in [0.25, 0.3) is 0 Å². The lowest BCUT2D eigenvalue weighted by molar-refractivity contribution is -0.139. The van der Waals surface area contributed by atoms with Gasteiger partial charge in [-0.2, -0.15) is 0 Å². The smallest absolute Gasteiger partial charge is 0.244 e. The minimum absolute atomic E-state index is 0.112. The number of aryl methyl sites for hydroxylation is 1. The van der Waals surface area contributed by atoms with E-state index in [-0.39, 0.29) is 13.0 Å². The van der Waals surface area contributed by atoms with Crippen LogP contribution in [0.2, 0.25) is 15.1 Å². The van der Waals surface area contributed by atoms with E-state index in [0.717, 1.165) is 16.1 Å². The number of carbonyl (C=O) groups excluding carboxylic acids is 2. The minimum atomic E-state index is -3.89. The molecule has 11 heteroatoms. The van der Waals surface area contributed by atoms with Crippen molar-refractivity contribution in [3.63, 3.8) is 0 Å². The molecule has 38 heavy (non-hydrogen) atoms. The molecular weight excluding hydrogens is 569 g/mol. The van der Waals surface area contributed by atoms with Crippen LogP contribution >= 0.6 is 34.8 Å². The normalized spacial score (nSPS) is 12.1. The highest BCUT2D eigenvalue weighted by molar-refractivity contribution is 7.92. The lowest BCUT2D eigenvalue weighted by Gasteiger charge is -2.34. The van der Waals surface area contributed by atoms with Crippen molar-refractivity contribution in [2.24, 2.45) is 0 Å². The largest absolute Gasteiger partial charge is 0.357 e. The third-order valence-corrected chi connectivity index (χ3v) is 8.08. The van der Waals surface area contributed by atoms with Gasteiger partial charge in [-0.25, -0.2) is 8.42 Å². The molecule has 0 spiro atoms. The van der Waals surface area contributed by atoms with E-state index in [1.807, 2.05) is 30.3 Å². The van der Waals surface area contributed by atoms with Crippen LogP contribution < -0.4 is 9.62 Å². The molecule has 0 aliphatic heterocycles. The van der Waals surface area contributed by atoms with E-state index in [1.165, 1.54) is 11.9 Å². The van der Waals surface area contributed by atoms with Gasteiger partial charge in [0.2, 0.25) is 21.8 Å². The molecule has 0 saturated heterocycles. The van der Waals surface area contributed by atoms with Crippen molar-refractivity contribution in [1.82, 2.24) is 10.2 Å². The Morgan fingerprint density at radius 1 is 0.947 bits per heavy atom. The van der Waals surface area contributed by atoms with Crippen molar-refractivity contribution < 1.29 is 18.0 Å². The number of benzene rings is 3. The summed E-state index contributed by atoms with van der Waals surface area (Å²) in [5.41, 5.74) is 2.14. The number of rotatable bonds is 10. The maximum Gasteiger partial charge on any atom is 0.244 e. The fourth-order valence-corrected chi connectivity index (χ4v) is 5.72. The topological polar surface area (TPSA) is 86.8 Å². The molecule has 3 aromatic rings. The summed E-state index contributed by atoms with van der Waals surface area (Å²) in [7, 11) is -2.41. The van der Waals surface area contributed by atoms with E-state index in [1.54, 1.807) is 43.3 Å². The summed E-state index contributed by atoms with van der Waals surface area (Å²) < 4.78 is 26.7. The van der Waals surface area contributed by atoms with Gasteiger partial charge in [-0.3, -0.25) is 13.9 Å². The van der Waals surface area contributed by atoms with E-state index in [0.29, 0.717) is 31.9 Å². The molecule has 7 nitrogen and oxygen atoms in total. The van der Waals surface area contributed by atoms with Crippen LogP contribution in [-0.4, -0.2) is 51.0 Å². The molecule has 3 aromatic carbocycles. The zero-order valence-electron chi connectivity index (χ0n) is 21.1. The number of likely N-dealkylation sites (N-methyl/N-ethyl adjacent to an activating group) is 1. The molecule has 0 radical (unpaired) electrons. The summed E-state index contributed by atoms with van der Waals surface area (Å²) in [4.78, 5) is 28.4. The summed E-state index contributed by atoms with van der Waals surface area (Å²) in [5, 5.41) is 3.69. The molecule has 0 saturated carbocycles. The predicted molar refractivity (Wildman–Crippen MR) is 153 cm³/mol. The predicted octanol–water partition coefficient (Wildman–Crippen LogP) is 5.11. The monoisotopic (exact) mass is 595 g/mol. The van der Waals surface area contributed by atoms with E-state index in [9.17, 15) is 18.0 Å². The highest BCUT2D eigenvalue weighted by atomic mass is 35.5. The van der Waals surface area contributed by atoms with Gasteiger partial charge in [0.1, 0.15) is 12.6 Å². The first-order valence-electron chi connectivity index (χ1n) is 11.6. The van der Waals surface area contributed by atoms with Crippen LogP contribution in [0.25, 0.3) is 0 Å². The van der Waals surface area contributed by atoms with Gasteiger partial charge in [0.15, 0.2) is 0 Å². The highest BCUT2D eigenvalue weighted by Crippen LogP contribution is 2.29. The Labute approximate surface area is 238 Å². The summed E-state index contributed by atoms with van der Waals surface area (Å²) >= 11 is 18.9. The van der Waals surface area contributed by atoms with Crippen molar-refractivity contribution in [2.75, 3.05) is 24.2 Å². The maximum absolute atomic E-state index is 14.0. The summed E-state index contributed by atoms with van der Waals surface area (Å²) in [6, 6.07) is 17.9. The molecule has 202 valence electrons. The quantitative estimate of drug-likeness (QED) is 0.353. The summed E-state index contributed by atoms with van der Waals surface area (Å²) in [6.07, 6.45) is 1.21. The van der Waals surface area contributed by atoms with Crippen molar-refractivity contribution in [3.8, 4) is 0 Å². The van der Waals surface area contributed by atoms with E-state index in [4.69, 9.17) is 34.8 Å². The number of amides is 2. The van der Waals surface area contributed by atoms with E-state index < -0.39 is 34.4 Å². The zero-order valence-corrected chi connectivity index (χ0v) is 24.2. The van der Waals surface area contributed by atoms with E-state index >= 15 is 0 Å². The lowest BCUT2D eigenvalue weighted by Crippen LogP contribution is -2.53. The summed E-state index contributed by atoms with van der Waals surface area (Å²) in [6.45, 7) is 1.04. The van der Waals surface area contributed by atoms with Crippen LogP contribution in [0, 0.1) is 6.92 Å². The molecular formula is C27H28Cl3N3O4S. The fraction of sp³-hybridized carbons (Fsp3) is 0.259. The third-order valence-electron chi connectivity index (χ3n) is 6.01. The van der Waals surface area contributed by atoms with Gasteiger partial charge in [0, 0.05) is 40.6 Å². The highest BCUT2D eigenvalue weighted by Gasteiger charge is 2.33. The van der Waals surface area contributed by atoms with Crippen LogP contribution in [0.1, 0.15) is 16.7 Å². The molecule has 2 amide bonds. The van der Waals surface area contributed by atoms with E-state index in [2.05, 4.69) is 5.32 Å². The Hall–Kier alpha value is -2.78. The second-order valence-corrected chi connectivity index (χ2v) is 11.9. The number of carbonyl (C=O) groups is 2. The molecule has 0 heterocycles. The molecule has 0 aromatic heterocycles. The molecule has 1 unspecified atom stereocenters. The van der Waals surface area contributed by atoms with Gasteiger partial charge in [-0.1, -0.05) is 71.2 Å². The van der Waals surface area contributed by atoms with Gasteiger partial charge < -0.3 is 10.2 Å². The number of nitrogens with zero attached hydrogens (tertiary/aromatic N) is 2. The first-order valence-corrected chi connectivity index (χ1v) is 14.6. The van der Waals surface area contributed by atoms with Crippen LogP contribution in [0.3, 0.4) is 0 Å². The Balaban J connectivity index is 2.09. The van der Waals surface area contributed by atoms with Crippen LogP contribution in [0.15, 0.2) is 66.7 Å². The van der Waals surface area contributed by atoms with Gasteiger partial charge in [0.05, 0.1) is 11.9 Å². The number of hydrogen-bond donors (Lipinski definition) is 1. The first-order chi connectivity index (χ1) is 17.9. The summed E-state index contributed by atoms with van der Waals surface area (Å²) in [5.74, 6) is -1.02. The third kappa shape index (κ3) is 7.41. The Morgan fingerprint density at radius 3 is 2.13 bits per heavy atom. The van der Waals surface area contributed by atoms with Crippen molar-refractivity contribution >= 4 is 62.3 Å². The molecule has 0 fully saturated rings. The van der Waals surface area contributed by atoms with Gasteiger partial charge in [-0.15, -0.1) is 0 Å². The standard InChI is InChI=1S/C27H28Cl3N3O4S/c1-18-14-20(28)12-13-24(18)33(38(3,36)37)17-26(34)32(16-21-22(29)10-7-11-23(21)30)25(27(35)31-2)15-19-8-5-4-6-9-19/h4-14,25H,15-17H2,1-3H3,(H,31,35). The Morgan fingerprint density at radius 2 is 1.58 bits per heavy atom.